The molecule has 2 rings (SSSR count). The number of hydrogen-bond acceptors (Lipinski definition) is 5. The van der Waals surface area contributed by atoms with Crippen molar-refractivity contribution in [2.24, 2.45) is 5.84 Å². The number of benzene rings is 1. The zero-order valence-electron chi connectivity index (χ0n) is 11.6. The summed E-state index contributed by atoms with van der Waals surface area (Å²) in [5.74, 6) is 4.82. The van der Waals surface area contributed by atoms with E-state index in [1.807, 2.05) is 13.0 Å². The zero-order valence-corrected chi connectivity index (χ0v) is 12.4. The van der Waals surface area contributed by atoms with E-state index in [2.05, 4.69) is 17.0 Å². The summed E-state index contributed by atoms with van der Waals surface area (Å²) in [6.07, 6.45) is 0. The van der Waals surface area contributed by atoms with Crippen LogP contribution in [0.3, 0.4) is 0 Å². The van der Waals surface area contributed by atoms with Gasteiger partial charge >= 0.3 is 0 Å². The van der Waals surface area contributed by atoms with Crippen molar-refractivity contribution in [1.82, 2.24) is 15.0 Å². The molecular formula is C14H16N4O2S. The number of thioether (sulfide) groups is 1. The van der Waals surface area contributed by atoms with Gasteiger partial charge in [0.05, 0.1) is 16.7 Å². The Morgan fingerprint density at radius 3 is 2.86 bits per heavy atom. The van der Waals surface area contributed by atoms with Crippen LogP contribution in [-0.4, -0.2) is 21.2 Å². The Morgan fingerprint density at radius 2 is 2.19 bits per heavy atom. The topological polar surface area (TPSA) is 90.0 Å². The first-order chi connectivity index (χ1) is 10.0. The van der Waals surface area contributed by atoms with Crippen molar-refractivity contribution in [3.63, 3.8) is 0 Å². The Balaban J connectivity index is 2.52. The smallest absolute Gasteiger partial charge is 0.262 e. The lowest BCUT2D eigenvalue weighted by molar-refractivity contribution is -0.118. The molecule has 0 aliphatic rings. The van der Waals surface area contributed by atoms with Crippen LogP contribution in [0.15, 0.2) is 46.4 Å². The van der Waals surface area contributed by atoms with Crippen molar-refractivity contribution >= 4 is 28.6 Å². The van der Waals surface area contributed by atoms with Crippen molar-refractivity contribution in [3.8, 4) is 0 Å². The van der Waals surface area contributed by atoms with E-state index in [0.717, 1.165) is 5.57 Å². The van der Waals surface area contributed by atoms with Gasteiger partial charge in [0.15, 0.2) is 5.16 Å². The molecule has 0 bridgehead atoms. The van der Waals surface area contributed by atoms with Crippen LogP contribution in [0.25, 0.3) is 10.9 Å². The van der Waals surface area contributed by atoms with Crippen molar-refractivity contribution in [2.45, 2.75) is 18.6 Å². The number of nitrogens with zero attached hydrogens (tertiary/aromatic N) is 2. The molecule has 21 heavy (non-hydrogen) atoms. The minimum absolute atomic E-state index is 0.0947. The summed E-state index contributed by atoms with van der Waals surface area (Å²) < 4.78 is 1.53. The number of fused-ring (bicyclic) bond motifs is 1. The Labute approximate surface area is 126 Å². The van der Waals surface area contributed by atoms with E-state index in [4.69, 9.17) is 5.84 Å². The van der Waals surface area contributed by atoms with E-state index in [-0.39, 0.29) is 17.2 Å². The molecule has 1 heterocycles. The number of nitrogens with one attached hydrogen (secondary N) is 1. The molecular weight excluding hydrogens is 288 g/mol. The van der Waals surface area contributed by atoms with E-state index in [0.29, 0.717) is 22.6 Å². The molecule has 0 unspecified atom stereocenters. The highest BCUT2D eigenvalue weighted by atomic mass is 32.2. The number of allylic oxidation sites excluding steroid dienone is 1. The molecule has 0 spiro atoms. The highest BCUT2D eigenvalue weighted by molar-refractivity contribution is 7.99. The fourth-order valence-electron chi connectivity index (χ4n) is 1.84. The first-order valence-electron chi connectivity index (χ1n) is 6.29. The monoisotopic (exact) mass is 304 g/mol. The van der Waals surface area contributed by atoms with Gasteiger partial charge in [-0.1, -0.05) is 36.0 Å². The van der Waals surface area contributed by atoms with Gasteiger partial charge in [-0.05, 0) is 19.1 Å². The molecule has 0 saturated heterocycles. The summed E-state index contributed by atoms with van der Waals surface area (Å²) in [7, 11) is 0. The molecule has 0 fully saturated rings. The molecule has 110 valence electrons. The van der Waals surface area contributed by atoms with E-state index in [1.165, 1.54) is 16.3 Å². The molecule has 0 saturated carbocycles. The number of nitrogens with two attached hydrogens (primary N) is 1. The van der Waals surface area contributed by atoms with Gasteiger partial charge in [-0.3, -0.25) is 19.6 Å². The van der Waals surface area contributed by atoms with Crippen LogP contribution in [0.4, 0.5) is 0 Å². The normalized spacial score (nSPS) is 10.6. The molecule has 2 aromatic rings. The third-order valence-electron chi connectivity index (χ3n) is 2.75. The maximum atomic E-state index is 12.5. The van der Waals surface area contributed by atoms with Gasteiger partial charge in [-0.15, -0.1) is 0 Å². The predicted octanol–water partition coefficient (Wildman–Crippen LogP) is 1.05. The number of para-hydroxylation sites is 1. The zero-order chi connectivity index (χ0) is 15.4. The lowest BCUT2D eigenvalue weighted by Gasteiger charge is -2.12. The Morgan fingerprint density at radius 1 is 1.48 bits per heavy atom. The highest BCUT2D eigenvalue weighted by Gasteiger charge is 2.12. The maximum Gasteiger partial charge on any atom is 0.262 e. The van der Waals surface area contributed by atoms with Crippen molar-refractivity contribution in [3.05, 3.63) is 46.8 Å². The summed E-state index contributed by atoms with van der Waals surface area (Å²) in [6.45, 7) is 6.03. The van der Waals surface area contributed by atoms with Crippen LogP contribution in [0, 0.1) is 0 Å². The molecule has 7 heteroatoms. The van der Waals surface area contributed by atoms with E-state index in [1.54, 1.807) is 18.2 Å². The fourth-order valence-corrected chi connectivity index (χ4v) is 2.65. The second-order valence-corrected chi connectivity index (χ2v) is 5.56. The Kier molecular flexibility index (Phi) is 4.77. The van der Waals surface area contributed by atoms with E-state index in [9.17, 15) is 9.59 Å². The van der Waals surface area contributed by atoms with Gasteiger partial charge in [-0.2, -0.15) is 0 Å². The molecule has 0 aliphatic heterocycles. The van der Waals surface area contributed by atoms with Crippen LogP contribution >= 0.6 is 11.8 Å². The van der Waals surface area contributed by atoms with Gasteiger partial charge in [0.2, 0.25) is 5.91 Å². The van der Waals surface area contributed by atoms with Gasteiger partial charge in [0.1, 0.15) is 0 Å². The average Bonchev–Trinajstić information content (AvgIpc) is 2.47. The first kappa shape index (κ1) is 15.3. The molecule has 3 N–H and O–H groups in total. The number of hydrazine groups is 1. The van der Waals surface area contributed by atoms with Gasteiger partial charge in [-0.25, -0.2) is 10.8 Å². The summed E-state index contributed by atoms with van der Waals surface area (Å²) in [6, 6.07) is 7.12. The number of carbonyl (C=O) groups excluding carboxylic acids is 1. The van der Waals surface area contributed by atoms with E-state index >= 15 is 0 Å². The second-order valence-electron chi connectivity index (χ2n) is 4.62. The quantitative estimate of drug-likeness (QED) is 0.215. The van der Waals surface area contributed by atoms with E-state index < -0.39 is 0 Å². The number of carbonyl (C=O) groups is 1. The lowest BCUT2D eigenvalue weighted by Crippen LogP contribution is -2.32. The fraction of sp³-hybridized carbons (Fsp3) is 0.214. The summed E-state index contributed by atoms with van der Waals surface area (Å²) in [5.41, 5.74) is 3.36. The van der Waals surface area contributed by atoms with Crippen LogP contribution in [0.2, 0.25) is 0 Å². The van der Waals surface area contributed by atoms with Crippen LogP contribution in [-0.2, 0) is 11.3 Å². The number of aromatic nitrogens is 2. The molecule has 6 nitrogen and oxygen atoms in total. The number of rotatable bonds is 5. The van der Waals surface area contributed by atoms with Crippen LogP contribution < -0.4 is 16.8 Å². The van der Waals surface area contributed by atoms with Gasteiger partial charge in [0.25, 0.3) is 5.56 Å². The van der Waals surface area contributed by atoms with Crippen molar-refractivity contribution in [1.29, 1.82) is 0 Å². The Hall–Kier alpha value is -2.12. The third-order valence-corrected chi connectivity index (χ3v) is 3.72. The standard InChI is InChI=1S/C14H16N4O2S/c1-9(2)7-18-13(20)10-5-3-4-6-11(10)16-14(18)21-8-12(19)17-15/h3-6H,1,7-8,15H2,2H3,(H,17,19). The van der Waals surface area contributed by atoms with Crippen LogP contribution in [0.5, 0.6) is 0 Å². The highest BCUT2D eigenvalue weighted by Crippen LogP contribution is 2.18. The molecule has 0 aliphatic carbocycles. The minimum atomic E-state index is -0.329. The summed E-state index contributed by atoms with van der Waals surface area (Å²) >= 11 is 1.17. The maximum absolute atomic E-state index is 12.5. The van der Waals surface area contributed by atoms with Gasteiger partial charge < -0.3 is 0 Å². The second kappa shape index (κ2) is 6.55. The summed E-state index contributed by atoms with van der Waals surface area (Å²) in [5, 5.41) is 1.02. The average molecular weight is 304 g/mol. The SMILES string of the molecule is C=C(C)Cn1c(SCC(=O)NN)nc2ccccc2c1=O. The molecule has 0 atom stereocenters. The van der Waals surface area contributed by atoms with Crippen molar-refractivity contribution in [2.75, 3.05) is 5.75 Å². The first-order valence-corrected chi connectivity index (χ1v) is 7.27. The molecule has 0 radical (unpaired) electrons. The third kappa shape index (κ3) is 3.50. The molecule has 1 aromatic carbocycles. The number of hydrogen-bond donors (Lipinski definition) is 2. The molecule has 1 aromatic heterocycles. The largest absolute Gasteiger partial charge is 0.294 e. The Bertz CT molecular complexity index is 754. The van der Waals surface area contributed by atoms with Crippen molar-refractivity contribution < 1.29 is 4.79 Å². The molecule has 1 amide bonds. The minimum Gasteiger partial charge on any atom is -0.294 e. The predicted molar refractivity (Wildman–Crippen MR) is 83.9 cm³/mol. The lowest BCUT2D eigenvalue weighted by atomic mass is 10.2. The van der Waals surface area contributed by atoms with Crippen LogP contribution in [0.1, 0.15) is 6.92 Å². The van der Waals surface area contributed by atoms with Gasteiger partial charge in [0, 0.05) is 6.54 Å². The summed E-state index contributed by atoms with van der Waals surface area (Å²) in [4.78, 5) is 28.3. The number of amides is 1.